The number of phosphoric ester groups is 1. The molecule has 0 spiro atoms. The largest absolute Gasteiger partial charge is 0.508 e. The van der Waals surface area contributed by atoms with Gasteiger partial charge in [0.2, 0.25) is 0 Å². The summed E-state index contributed by atoms with van der Waals surface area (Å²) in [5.74, 6) is 1.24. The Morgan fingerprint density at radius 3 is 1.37 bits per heavy atom. The summed E-state index contributed by atoms with van der Waals surface area (Å²) >= 11 is 0. The lowest BCUT2D eigenvalue weighted by atomic mass is 10.2. The number of rotatable bonds is 10. The quantitative estimate of drug-likeness (QED) is 0.212. The fourth-order valence-corrected chi connectivity index (χ4v) is 4.70. The van der Waals surface area contributed by atoms with Gasteiger partial charge in [0.05, 0.1) is 27.4 Å². The third-order valence-electron chi connectivity index (χ3n) is 4.20. The van der Waals surface area contributed by atoms with Crippen LogP contribution in [-0.2, 0) is 35.7 Å². The van der Waals surface area contributed by atoms with Crippen LogP contribution in [0.4, 0.5) is 0 Å². The molecule has 0 fully saturated rings. The smallest absolute Gasteiger partial charge is 0.484 e. The van der Waals surface area contributed by atoms with Crippen LogP contribution in [0.3, 0.4) is 0 Å². The summed E-state index contributed by atoms with van der Waals surface area (Å²) in [6.07, 6.45) is 0. The van der Waals surface area contributed by atoms with Crippen LogP contribution in [0.5, 0.6) is 23.0 Å². The van der Waals surface area contributed by atoms with E-state index in [0.29, 0.717) is 22.6 Å². The molecule has 190 valence electrons. The first kappa shape index (κ1) is 28.4. The molecule has 3 rings (SSSR count). The van der Waals surface area contributed by atoms with Crippen molar-refractivity contribution in [3.05, 3.63) is 83.9 Å². The van der Waals surface area contributed by atoms with Gasteiger partial charge in [-0.25, -0.2) is 9.13 Å². The molecule has 0 saturated carbocycles. The summed E-state index contributed by atoms with van der Waals surface area (Å²) in [4.78, 5) is 18.1. The van der Waals surface area contributed by atoms with Crippen LogP contribution in [0, 0.1) is 0 Å². The van der Waals surface area contributed by atoms with Gasteiger partial charge in [0, 0.05) is 11.1 Å². The highest BCUT2D eigenvalue weighted by atomic mass is 31.3. The molecular formula is C22H26O11P2. The number of aromatic hydroxyl groups is 2. The van der Waals surface area contributed by atoms with Crippen molar-refractivity contribution in [1.82, 2.24) is 0 Å². The van der Waals surface area contributed by atoms with Crippen molar-refractivity contribution in [2.24, 2.45) is 0 Å². The third kappa shape index (κ3) is 10.1. The highest BCUT2D eigenvalue weighted by molar-refractivity contribution is 7.61. The summed E-state index contributed by atoms with van der Waals surface area (Å²) in [7, 11) is -6.86. The van der Waals surface area contributed by atoms with E-state index in [9.17, 15) is 9.13 Å². The average molecular weight is 528 g/mol. The van der Waals surface area contributed by atoms with Gasteiger partial charge in [0.1, 0.15) is 23.0 Å². The molecule has 0 aromatic heterocycles. The first-order valence-corrected chi connectivity index (χ1v) is 12.9. The van der Waals surface area contributed by atoms with Crippen LogP contribution in [-0.4, -0.2) is 34.2 Å². The van der Waals surface area contributed by atoms with Gasteiger partial charge in [-0.2, -0.15) is 4.31 Å². The molecule has 0 radical (unpaired) electrons. The zero-order chi connectivity index (χ0) is 25.9. The lowest BCUT2D eigenvalue weighted by molar-refractivity contribution is 0.127. The predicted molar refractivity (Wildman–Crippen MR) is 126 cm³/mol. The Morgan fingerprint density at radius 1 is 0.657 bits per heavy atom. The predicted octanol–water partition coefficient (Wildman–Crippen LogP) is 4.75. The zero-order valence-corrected chi connectivity index (χ0v) is 20.7. The average Bonchev–Trinajstić information content (AvgIpc) is 2.83. The fourth-order valence-electron chi connectivity index (χ4n) is 2.61. The van der Waals surface area contributed by atoms with E-state index in [-0.39, 0.29) is 24.7 Å². The first-order chi connectivity index (χ1) is 16.5. The second-order valence-electron chi connectivity index (χ2n) is 6.71. The van der Waals surface area contributed by atoms with Crippen molar-refractivity contribution >= 4 is 15.6 Å². The number of ether oxygens (including phenoxy) is 2. The van der Waals surface area contributed by atoms with Crippen molar-refractivity contribution in [3.8, 4) is 23.0 Å². The number of phosphoric acid groups is 2. The second-order valence-corrected chi connectivity index (χ2v) is 9.75. The third-order valence-corrected chi connectivity index (χ3v) is 6.74. The minimum atomic E-state index is -5.14. The number of methoxy groups -OCH3 is 2. The zero-order valence-electron chi connectivity index (χ0n) is 18.9. The summed E-state index contributed by atoms with van der Waals surface area (Å²) in [6, 6.07) is 19.2. The van der Waals surface area contributed by atoms with E-state index in [4.69, 9.17) is 38.5 Å². The molecule has 11 nitrogen and oxygen atoms in total. The Kier molecular flexibility index (Phi) is 10.8. The maximum absolute atomic E-state index is 12.7. The Bertz CT molecular complexity index is 1090. The maximum atomic E-state index is 12.7. The van der Waals surface area contributed by atoms with Gasteiger partial charge in [-0.15, -0.1) is 0 Å². The van der Waals surface area contributed by atoms with Crippen LogP contribution < -0.4 is 9.47 Å². The van der Waals surface area contributed by atoms with E-state index < -0.39 is 15.6 Å². The number of phenols is 2. The van der Waals surface area contributed by atoms with Crippen LogP contribution >= 0.6 is 15.6 Å². The Balaban J connectivity index is 0.000000456. The van der Waals surface area contributed by atoms with Gasteiger partial charge >= 0.3 is 15.6 Å². The molecule has 3 aromatic carbocycles. The number of benzene rings is 3. The van der Waals surface area contributed by atoms with Gasteiger partial charge in [0.25, 0.3) is 0 Å². The van der Waals surface area contributed by atoms with Crippen molar-refractivity contribution in [2.45, 2.75) is 13.2 Å². The van der Waals surface area contributed by atoms with E-state index in [1.54, 1.807) is 48.5 Å². The molecule has 0 unspecified atom stereocenters. The summed E-state index contributed by atoms with van der Waals surface area (Å²) < 4.78 is 48.8. The van der Waals surface area contributed by atoms with E-state index in [2.05, 4.69) is 4.31 Å². The molecule has 0 atom stereocenters. The molecule has 0 aliphatic rings. The van der Waals surface area contributed by atoms with Crippen molar-refractivity contribution in [1.29, 1.82) is 0 Å². The van der Waals surface area contributed by atoms with Crippen LogP contribution in [0.2, 0.25) is 0 Å². The normalized spacial score (nSPS) is 11.3. The van der Waals surface area contributed by atoms with Crippen molar-refractivity contribution in [2.75, 3.05) is 14.2 Å². The molecular weight excluding hydrogens is 502 g/mol. The summed E-state index contributed by atoms with van der Waals surface area (Å²) in [5, 5.41) is 17.3. The van der Waals surface area contributed by atoms with E-state index >= 15 is 0 Å². The standard InChI is InChI=1S/C16H20O9P2.C6H6O2/c1-21-15-9-5-3-7-13(15)11-23-27(20,25-26(17,18)19)24-12-14-8-4-6-10-16(14)22-2;7-5-1-2-6(8)4-3-5/h3-10H,11-12H2,1-2H3,(H2,17,18,19);1-4,7-8H. The number of para-hydroxylation sites is 2. The van der Waals surface area contributed by atoms with E-state index in [1.807, 2.05) is 0 Å². The molecule has 0 aliphatic heterocycles. The molecule has 13 heteroatoms. The van der Waals surface area contributed by atoms with Gasteiger partial charge < -0.3 is 29.5 Å². The van der Waals surface area contributed by atoms with E-state index in [1.165, 1.54) is 38.5 Å². The molecule has 0 heterocycles. The van der Waals surface area contributed by atoms with E-state index in [0.717, 1.165) is 0 Å². The van der Waals surface area contributed by atoms with Gasteiger partial charge in [-0.1, -0.05) is 36.4 Å². The minimum absolute atomic E-state index is 0.169. The molecule has 35 heavy (non-hydrogen) atoms. The Labute approximate surface area is 202 Å². The number of phenolic OH excluding ortho intramolecular Hbond substituents is 2. The Morgan fingerprint density at radius 2 is 1.03 bits per heavy atom. The van der Waals surface area contributed by atoms with Crippen LogP contribution in [0.1, 0.15) is 11.1 Å². The first-order valence-electron chi connectivity index (χ1n) is 9.93. The molecule has 0 amide bonds. The fraction of sp³-hybridized carbons (Fsp3) is 0.182. The van der Waals surface area contributed by atoms with Gasteiger partial charge in [-0.3, -0.25) is 9.05 Å². The summed E-state index contributed by atoms with van der Waals surface area (Å²) in [5.41, 5.74) is 0.992. The van der Waals surface area contributed by atoms with Crippen LogP contribution in [0.15, 0.2) is 72.8 Å². The number of hydrogen-bond donors (Lipinski definition) is 4. The van der Waals surface area contributed by atoms with Crippen molar-refractivity contribution in [3.63, 3.8) is 0 Å². The SMILES string of the molecule is COc1ccccc1COP(=O)(OCc1ccccc1OC)OP(=O)(O)O.Oc1ccc(O)cc1. The molecule has 0 saturated heterocycles. The monoisotopic (exact) mass is 528 g/mol. The molecule has 0 aliphatic carbocycles. The molecule has 3 aromatic rings. The summed E-state index contributed by atoms with van der Waals surface area (Å²) in [6.45, 7) is -0.625. The van der Waals surface area contributed by atoms with Crippen molar-refractivity contribution < 1.29 is 52.0 Å². The van der Waals surface area contributed by atoms with Crippen LogP contribution in [0.25, 0.3) is 0 Å². The Hall–Kier alpha value is -2.88. The second kappa shape index (κ2) is 13.3. The lowest BCUT2D eigenvalue weighted by Crippen LogP contribution is -2.02. The number of hydrogen-bond acceptors (Lipinski definition) is 9. The maximum Gasteiger partial charge on any atom is 0.484 e. The minimum Gasteiger partial charge on any atom is -0.508 e. The topological polar surface area (TPSA) is 161 Å². The van der Waals surface area contributed by atoms with Gasteiger partial charge in [0.15, 0.2) is 0 Å². The van der Waals surface area contributed by atoms with Gasteiger partial charge in [-0.05, 0) is 36.4 Å². The highest BCUT2D eigenvalue weighted by Gasteiger charge is 2.36. The molecule has 4 N–H and O–H groups in total. The highest BCUT2D eigenvalue weighted by Crippen LogP contribution is 2.62. The molecule has 0 bridgehead atoms. The lowest BCUT2D eigenvalue weighted by Gasteiger charge is -2.19.